The van der Waals surface area contributed by atoms with Crippen molar-refractivity contribution in [1.82, 2.24) is 15.2 Å². The predicted molar refractivity (Wildman–Crippen MR) is 125 cm³/mol. The second-order valence-corrected chi connectivity index (χ2v) is 9.27. The molecule has 1 aromatic carbocycles. The predicted octanol–water partition coefficient (Wildman–Crippen LogP) is 2.40. The Labute approximate surface area is 196 Å². The molecule has 2 atom stereocenters. The number of aliphatic hydroxyl groups is 1. The third-order valence-corrected chi connectivity index (χ3v) is 7.01. The van der Waals surface area contributed by atoms with Crippen LogP contribution in [0.5, 0.6) is 0 Å². The summed E-state index contributed by atoms with van der Waals surface area (Å²) in [5.41, 5.74) is 6.64. The van der Waals surface area contributed by atoms with Crippen LogP contribution in [0.4, 0.5) is 15.9 Å². The normalized spacial score (nSPS) is 21.1. The second-order valence-electron chi connectivity index (χ2n) is 8.89. The maximum absolute atomic E-state index is 15.5. The van der Waals surface area contributed by atoms with Crippen LogP contribution in [0.25, 0.3) is 11.1 Å². The van der Waals surface area contributed by atoms with E-state index in [0.717, 1.165) is 12.0 Å². The van der Waals surface area contributed by atoms with E-state index in [2.05, 4.69) is 15.6 Å². The quantitative estimate of drug-likeness (QED) is 0.493. The summed E-state index contributed by atoms with van der Waals surface area (Å²) in [5, 5.41) is 15.4. The average Bonchev–Trinajstić information content (AvgIpc) is 3.38. The van der Waals surface area contributed by atoms with Crippen molar-refractivity contribution >= 4 is 34.9 Å². The summed E-state index contributed by atoms with van der Waals surface area (Å²) >= 11 is 6.87. The lowest BCUT2D eigenvalue weighted by molar-refractivity contribution is -0.125. The van der Waals surface area contributed by atoms with Crippen LogP contribution in [0.2, 0.25) is 5.02 Å². The van der Waals surface area contributed by atoms with Crippen LogP contribution < -0.4 is 16.4 Å². The molecule has 4 rings (SSSR count). The van der Waals surface area contributed by atoms with Crippen LogP contribution >= 0.6 is 11.6 Å². The SMILES string of the molecule is CN(C)C(=O)c1c(N)ccc(-c2cnc3c(c2Cl)C2(CCC(C(=O)NCCO)C2)CN3)c1F. The fourth-order valence-electron chi connectivity index (χ4n) is 4.94. The highest BCUT2D eigenvalue weighted by Crippen LogP contribution is 2.53. The Morgan fingerprint density at radius 1 is 1.39 bits per heavy atom. The van der Waals surface area contributed by atoms with E-state index in [1.807, 2.05) is 0 Å². The van der Waals surface area contributed by atoms with Crippen molar-refractivity contribution in [2.24, 2.45) is 5.92 Å². The van der Waals surface area contributed by atoms with Crippen molar-refractivity contribution in [3.63, 3.8) is 0 Å². The average molecular weight is 476 g/mol. The number of nitrogens with two attached hydrogens (primary N) is 1. The fraction of sp³-hybridized carbons (Fsp3) is 0.435. The number of aromatic nitrogens is 1. The molecular weight excluding hydrogens is 449 g/mol. The Bertz CT molecular complexity index is 1130. The van der Waals surface area contributed by atoms with Gasteiger partial charge in [0, 0.05) is 67.1 Å². The Balaban J connectivity index is 1.74. The number of hydrogen-bond donors (Lipinski definition) is 4. The minimum Gasteiger partial charge on any atom is -0.398 e. The zero-order chi connectivity index (χ0) is 23.9. The molecule has 1 fully saturated rings. The molecule has 5 N–H and O–H groups in total. The largest absolute Gasteiger partial charge is 0.398 e. The topological polar surface area (TPSA) is 121 Å². The van der Waals surface area contributed by atoms with Crippen molar-refractivity contribution in [2.45, 2.75) is 24.7 Å². The molecule has 1 saturated carbocycles. The highest BCUT2D eigenvalue weighted by atomic mass is 35.5. The number of hydrogen-bond acceptors (Lipinski definition) is 6. The molecule has 1 spiro atoms. The monoisotopic (exact) mass is 475 g/mol. The Kier molecular flexibility index (Phi) is 6.20. The summed E-state index contributed by atoms with van der Waals surface area (Å²) in [6.07, 6.45) is 3.47. The van der Waals surface area contributed by atoms with E-state index in [1.165, 1.54) is 37.3 Å². The van der Waals surface area contributed by atoms with Crippen molar-refractivity contribution in [2.75, 3.05) is 44.8 Å². The maximum atomic E-state index is 15.5. The van der Waals surface area contributed by atoms with E-state index in [1.54, 1.807) is 0 Å². The molecular formula is C23H27ClFN5O3. The number of pyridine rings is 1. The number of carbonyl (C=O) groups is 2. The molecule has 8 nitrogen and oxygen atoms in total. The highest BCUT2D eigenvalue weighted by Gasteiger charge is 2.49. The van der Waals surface area contributed by atoms with Gasteiger partial charge in [-0.2, -0.15) is 0 Å². The third kappa shape index (κ3) is 3.89. The molecule has 2 heterocycles. The smallest absolute Gasteiger partial charge is 0.258 e. The van der Waals surface area contributed by atoms with Gasteiger partial charge in [-0.25, -0.2) is 9.37 Å². The first-order valence-electron chi connectivity index (χ1n) is 10.8. The number of nitrogen functional groups attached to an aromatic ring is 1. The summed E-state index contributed by atoms with van der Waals surface area (Å²) in [6, 6.07) is 2.99. The first-order valence-corrected chi connectivity index (χ1v) is 11.2. The van der Waals surface area contributed by atoms with Crippen molar-refractivity contribution < 1.29 is 19.1 Å². The number of aliphatic hydroxyl groups excluding tert-OH is 1. The number of carbonyl (C=O) groups excluding carboxylic acids is 2. The van der Waals surface area contributed by atoms with E-state index in [0.29, 0.717) is 35.8 Å². The van der Waals surface area contributed by atoms with E-state index in [9.17, 15) is 9.59 Å². The number of anilines is 2. The summed E-state index contributed by atoms with van der Waals surface area (Å²) < 4.78 is 15.5. The lowest BCUT2D eigenvalue weighted by atomic mass is 9.79. The molecule has 2 amide bonds. The molecule has 0 radical (unpaired) electrons. The molecule has 33 heavy (non-hydrogen) atoms. The van der Waals surface area contributed by atoms with E-state index < -0.39 is 17.1 Å². The number of amides is 2. The van der Waals surface area contributed by atoms with Crippen LogP contribution in [0, 0.1) is 11.7 Å². The summed E-state index contributed by atoms with van der Waals surface area (Å²) in [6.45, 7) is 0.684. The lowest BCUT2D eigenvalue weighted by Crippen LogP contribution is -2.33. The van der Waals surface area contributed by atoms with Gasteiger partial charge in [-0.15, -0.1) is 0 Å². The van der Waals surface area contributed by atoms with Crippen LogP contribution in [0.1, 0.15) is 35.2 Å². The molecule has 1 aromatic heterocycles. The van der Waals surface area contributed by atoms with E-state index in [-0.39, 0.29) is 41.8 Å². The molecule has 0 saturated heterocycles. The van der Waals surface area contributed by atoms with Crippen LogP contribution in [-0.4, -0.2) is 60.6 Å². The molecule has 2 aliphatic rings. The van der Waals surface area contributed by atoms with E-state index >= 15 is 4.39 Å². The van der Waals surface area contributed by atoms with Gasteiger partial charge in [0.1, 0.15) is 11.6 Å². The second kappa shape index (κ2) is 8.79. The zero-order valence-corrected chi connectivity index (χ0v) is 19.3. The van der Waals surface area contributed by atoms with Crippen molar-refractivity contribution in [3.05, 3.63) is 40.3 Å². The minimum absolute atomic E-state index is 0.0471. The number of nitrogens with zero attached hydrogens (tertiary/aromatic N) is 2. The van der Waals surface area contributed by atoms with Crippen molar-refractivity contribution in [3.8, 4) is 11.1 Å². The molecule has 2 aromatic rings. The number of rotatable bonds is 5. The molecule has 176 valence electrons. The Morgan fingerprint density at radius 3 is 2.85 bits per heavy atom. The van der Waals surface area contributed by atoms with Gasteiger partial charge in [-0.1, -0.05) is 11.6 Å². The number of fused-ring (bicyclic) bond motifs is 2. The van der Waals surface area contributed by atoms with E-state index in [4.69, 9.17) is 22.4 Å². The minimum atomic E-state index is -0.745. The molecule has 0 bridgehead atoms. The molecule has 1 aliphatic carbocycles. The maximum Gasteiger partial charge on any atom is 0.258 e. The highest BCUT2D eigenvalue weighted by molar-refractivity contribution is 6.34. The van der Waals surface area contributed by atoms with Gasteiger partial charge in [-0.3, -0.25) is 9.59 Å². The van der Waals surface area contributed by atoms with Crippen molar-refractivity contribution in [1.29, 1.82) is 0 Å². The first kappa shape index (κ1) is 23.3. The lowest BCUT2D eigenvalue weighted by Gasteiger charge is -2.25. The number of nitrogens with one attached hydrogen (secondary N) is 2. The first-order chi connectivity index (χ1) is 15.7. The van der Waals surface area contributed by atoms with Gasteiger partial charge in [0.25, 0.3) is 5.91 Å². The summed E-state index contributed by atoms with van der Waals surface area (Å²) in [4.78, 5) is 30.7. The van der Waals surface area contributed by atoms with Gasteiger partial charge >= 0.3 is 0 Å². The van der Waals surface area contributed by atoms with Gasteiger partial charge in [0.2, 0.25) is 5.91 Å². The van der Waals surface area contributed by atoms with Gasteiger partial charge < -0.3 is 26.4 Å². The molecule has 1 aliphatic heterocycles. The van der Waals surface area contributed by atoms with Gasteiger partial charge in [0.05, 0.1) is 17.2 Å². The number of halogens is 2. The fourth-order valence-corrected chi connectivity index (χ4v) is 5.38. The molecule has 2 unspecified atom stereocenters. The summed E-state index contributed by atoms with van der Waals surface area (Å²) in [5.74, 6) is -0.957. The standard InChI is InChI=1S/C23H27ClFN5O3/c1-30(2)22(33)16-15(26)4-3-13(19(16)25)14-10-28-20-17(18(14)24)23(11-29-20)6-5-12(9-23)21(32)27-7-8-31/h3-4,10,12,31H,5-9,11,26H2,1-2H3,(H,27,32)(H,28,29). The number of benzene rings is 1. The zero-order valence-electron chi connectivity index (χ0n) is 18.5. The summed E-state index contributed by atoms with van der Waals surface area (Å²) in [7, 11) is 3.06. The Morgan fingerprint density at radius 2 is 2.15 bits per heavy atom. The molecule has 10 heteroatoms. The third-order valence-electron chi connectivity index (χ3n) is 6.61. The van der Waals surface area contributed by atoms with Crippen LogP contribution in [-0.2, 0) is 10.2 Å². The van der Waals surface area contributed by atoms with Gasteiger partial charge in [0.15, 0.2) is 0 Å². The Hall–Kier alpha value is -2.91. The van der Waals surface area contributed by atoms with Gasteiger partial charge in [-0.05, 0) is 31.4 Å². The van der Waals surface area contributed by atoms with Crippen LogP contribution in [0.15, 0.2) is 18.3 Å². The van der Waals surface area contributed by atoms with Crippen LogP contribution in [0.3, 0.4) is 0 Å².